The molecule has 0 saturated heterocycles. The Morgan fingerprint density at radius 3 is 2.60 bits per heavy atom. The second-order valence-corrected chi connectivity index (χ2v) is 6.78. The summed E-state index contributed by atoms with van der Waals surface area (Å²) in [6, 6.07) is 9.88. The van der Waals surface area contributed by atoms with Gasteiger partial charge in [0.05, 0.1) is 6.04 Å². The predicted octanol–water partition coefficient (Wildman–Crippen LogP) is 2.77. The summed E-state index contributed by atoms with van der Waals surface area (Å²) in [5, 5.41) is 7.66. The highest BCUT2D eigenvalue weighted by Crippen LogP contribution is 2.23. The number of likely N-dealkylation sites (N-methyl/N-ethyl adjacent to an activating group) is 1. The van der Waals surface area contributed by atoms with Crippen molar-refractivity contribution in [2.45, 2.75) is 26.8 Å². The van der Waals surface area contributed by atoms with Crippen LogP contribution < -0.4 is 10.6 Å². The van der Waals surface area contributed by atoms with Crippen molar-refractivity contribution >= 4 is 22.8 Å². The third-order valence-electron chi connectivity index (χ3n) is 3.77. The number of hydrogen-bond donors (Lipinski definition) is 2. The van der Waals surface area contributed by atoms with Gasteiger partial charge >= 0.3 is 0 Å². The van der Waals surface area contributed by atoms with E-state index in [1.54, 1.807) is 14.1 Å². The average molecular weight is 344 g/mol. The highest BCUT2D eigenvalue weighted by molar-refractivity contribution is 5.85. The van der Waals surface area contributed by atoms with Crippen LogP contribution in [0.15, 0.2) is 39.7 Å². The first-order valence-corrected chi connectivity index (χ1v) is 8.60. The van der Waals surface area contributed by atoms with Crippen molar-refractivity contribution in [2.75, 3.05) is 27.2 Å². The summed E-state index contributed by atoms with van der Waals surface area (Å²) in [6.07, 6.45) is 0. The van der Waals surface area contributed by atoms with Crippen LogP contribution in [0.2, 0.25) is 0 Å². The number of para-hydroxylation sites is 1. The number of amides is 1. The maximum Gasteiger partial charge on any atom is 0.243 e. The van der Waals surface area contributed by atoms with Gasteiger partial charge in [0.1, 0.15) is 17.9 Å². The van der Waals surface area contributed by atoms with E-state index in [1.807, 2.05) is 37.3 Å². The number of aliphatic imine (C=N–C) groups is 1. The van der Waals surface area contributed by atoms with Crippen LogP contribution in [0.5, 0.6) is 0 Å². The number of benzene rings is 1. The number of fused-ring (bicyclic) bond motifs is 1. The Hall–Kier alpha value is -2.50. The number of nitrogens with zero attached hydrogens (tertiary/aromatic N) is 2. The van der Waals surface area contributed by atoms with E-state index in [1.165, 1.54) is 4.90 Å². The number of hydrogen-bond acceptors (Lipinski definition) is 3. The van der Waals surface area contributed by atoms with Crippen LogP contribution in [0.25, 0.3) is 11.0 Å². The summed E-state index contributed by atoms with van der Waals surface area (Å²) in [5.41, 5.74) is 0.863. The molecule has 1 unspecified atom stereocenters. The van der Waals surface area contributed by atoms with Gasteiger partial charge in [-0.3, -0.25) is 4.79 Å². The van der Waals surface area contributed by atoms with Gasteiger partial charge in [-0.1, -0.05) is 32.0 Å². The molecule has 6 nitrogen and oxygen atoms in total. The van der Waals surface area contributed by atoms with Gasteiger partial charge < -0.3 is 20.0 Å². The van der Waals surface area contributed by atoms with E-state index >= 15 is 0 Å². The van der Waals surface area contributed by atoms with Crippen LogP contribution in [0.3, 0.4) is 0 Å². The van der Waals surface area contributed by atoms with Crippen LogP contribution in [-0.4, -0.2) is 44.0 Å². The highest BCUT2D eigenvalue weighted by atomic mass is 16.3. The maximum absolute atomic E-state index is 11.8. The van der Waals surface area contributed by atoms with Gasteiger partial charge in [-0.25, -0.2) is 4.99 Å². The zero-order valence-electron chi connectivity index (χ0n) is 15.7. The summed E-state index contributed by atoms with van der Waals surface area (Å²) in [6.45, 7) is 7.14. The summed E-state index contributed by atoms with van der Waals surface area (Å²) in [4.78, 5) is 17.7. The molecular weight excluding hydrogens is 316 g/mol. The molecule has 1 heterocycles. The van der Waals surface area contributed by atoms with Crippen molar-refractivity contribution in [3.63, 3.8) is 0 Å². The van der Waals surface area contributed by atoms with Crippen molar-refractivity contribution in [2.24, 2.45) is 10.9 Å². The first kappa shape index (κ1) is 18.8. The van der Waals surface area contributed by atoms with Gasteiger partial charge in [0, 0.05) is 26.0 Å². The minimum Gasteiger partial charge on any atom is -0.459 e. The molecular formula is C19H28N4O2. The van der Waals surface area contributed by atoms with Gasteiger partial charge in [0.15, 0.2) is 5.96 Å². The zero-order valence-corrected chi connectivity index (χ0v) is 15.7. The number of furan rings is 1. The molecule has 136 valence electrons. The van der Waals surface area contributed by atoms with Crippen LogP contribution in [-0.2, 0) is 4.79 Å². The van der Waals surface area contributed by atoms with Crippen LogP contribution >= 0.6 is 0 Å². The maximum atomic E-state index is 11.8. The first-order valence-electron chi connectivity index (χ1n) is 8.60. The molecule has 6 heteroatoms. The molecule has 0 aliphatic heterocycles. The number of guanidine groups is 1. The number of carbonyl (C=O) groups excluding carboxylic acids is 1. The van der Waals surface area contributed by atoms with Crippen molar-refractivity contribution in [3.05, 3.63) is 36.1 Å². The monoisotopic (exact) mass is 344 g/mol. The number of nitrogens with one attached hydrogen (secondary N) is 2. The van der Waals surface area contributed by atoms with E-state index in [4.69, 9.17) is 4.42 Å². The van der Waals surface area contributed by atoms with E-state index in [9.17, 15) is 4.79 Å². The van der Waals surface area contributed by atoms with Gasteiger partial charge in [-0.2, -0.15) is 0 Å². The molecule has 0 bridgehead atoms. The van der Waals surface area contributed by atoms with E-state index < -0.39 is 0 Å². The van der Waals surface area contributed by atoms with E-state index in [2.05, 4.69) is 29.5 Å². The quantitative estimate of drug-likeness (QED) is 0.624. The Morgan fingerprint density at radius 1 is 1.24 bits per heavy atom. The molecule has 0 aliphatic rings. The highest BCUT2D eigenvalue weighted by Gasteiger charge is 2.14. The predicted molar refractivity (Wildman–Crippen MR) is 102 cm³/mol. The molecule has 25 heavy (non-hydrogen) atoms. The summed E-state index contributed by atoms with van der Waals surface area (Å²) in [5.74, 6) is 1.87. The molecule has 0 spiro atoms. The lowest BCUT2D eigenvalue weighted by Crippen LogP contribution is -2.41. The van der Waals surface area contributed by atoms with Crippen LogP contribution in [0.1, 0.15) is 32.6 Å². The van der Waals surface area contributed by atoms with E-state index in [0.29, 0.717) is 11.9 Å². The van der Waals surface area contributed by atoms with Crippen molar-refractivity contribution in [1.29, 1.82) is 0 Å². The van der Waals surface area contributed by atoms with Crippen LogP contribution in [0.4, 0.5) is 0 Å². The third-order valence-corrected chi connectivity index (χ3v) is 3.77. The first-order chi connectivity index (χ1) is 11.9. The minimum atomic E-state index is -0.0692. The van der Waals surface area contributed by atoms with Crippen molar-refractivity contribution < 1.29 is 9.21 Å². The molecule has 1 amide bonds. The third kappa shape index (κ3) is 5.52. The van der Waals surface area contributed by atoms with Gasteiger partial charge in [-0.15, -0.1) is 0 Å². The summed E-state index contributed by atoms with van der Waals surface area (Å²) in [7, 11) is 3.45. The lowest BCUT2D eigenvalue weighted by Gasteiger charge is -2.18. The Labute approximate surface area is 149 Å². The molecule has 0 radical (unpaired) electrons. The molecule has 1 atom stereocenters. The molecule has 0 saturated carbocycles. The van der Waals surface area contributed by atoms with Gasteiger partial charge in [-0.05, 0) is 25.0 Å². The van der Waals surface area contributed by atoms with Crippen LogP contribution in [0, 0.1) is 5.92 Å². The fraction of sp³-hybridized carbons (Fsp3) is 0.474. The van der Waals surface area contributed by atoms with E-state index in [-0.39, 0.29) is 18.5 Å². The Morgan fingerprint density at radius 2 is 1.96 bits per heavy atom. The molecule has 0 fully saturated rings. The Balaban J connectivity index is 2.10. The largest absolute Gasteiger partial charge is 0.459 e. The molecule has 2 N–H and O–H groups in total. The summed E-state index contributed by atoms with van der Waals surface area (Å²) >= 11 is 0. The smallest absolute Gasteiger partial charge is 0.243 e. The SMILES string of the molecule is CC(C)CNC(=NCC(=O)N(C)C)NC(C)c1cc2ccccc2o1. The Bertz CT molecular complexity index is 701. The number of carbonyl (C=O) groups is 1. The lowest BCUT2D eigenvalue weighted by molar-refractivity contribution is -0.127. The zero-order chi connectivity index (χ0) is 18.4. The second-order valence-electron chi connectivity index (χ2n) is 6.78. The molecule has 2 aromatic rings. The molecule has 2 rings (SSSR count). The standard InChI is InChI=1S/C19H28N4O2/c1-13(2)11-20-19(21-12-18(24)23(4)5)22-14(3)17-10-15-8-6-7-9-16(15)25-17/h6-10,13-14H,11-12H2,1-5H3,(H2,20,21,22). The fourth-order valence-electron chi connectivity index (χ4n) is 2.23. The Kier molecular flexibility index (Phi) is 6.44. The number of rotatable bonds is 6. The van der Waals surface area contributed by atoms with E-state index in [0.717, 1.165) is 23.3 Å². The lowest BCUT2D eigenvalue weighted by atomic mass is 10.2. The molecule has 0 aliphatic carbocycles. The minimum absolute atomic E-state index is 0.0398. The molecule has 1 aromatic heterocycles. The second kappa shape index (κ2) is 8.55. The van der Waals surface area contributed by atoms with Gasteiger partial charge in [0.2, 0.25) is 5.91 Å². The normalized spacial score (nSPS) is 13.1. The summed E-state index contributed by atoms with van der Waals surface area (Å²) < 4.78 is 5.90. The topological polar surface area (TPSA) is 69.9 Å². The molecule has 1 aromatic carbocycles. The average Bonchev–Trinajstić information content (AvgIpc) is 3.00. The van der Waals surface area contributed by atoms with Gasteiger partial charge in [0.25, 0.3) is 0 Å². The van der Waals surface area contributed by atoms with Crippen molar-refractivity contribution in [3.8, 4) is 0 Å². The van der Waals surface area contributed by atoms with Crippen molar-refractivity contribution in [1.82, 2.24) is 15.5 Å². The fourth-order valence-corrected chi connectivity index (χ4v) is 2.23.